The molecule has 2 rings (SSSR count). The zero-order valence-corrected chi connectivity index (χ0v) is 10.2. The van der Waals surface area contributed by atoms with E-state index in [1.54, 1.807) is 7.11 Å². The lowest BCUT2D eigenvalue weighted by molar-refractivity contribution is 0.0927. The Labute approximate surface area is 98.2 Å². The second-order valence-electron chi connectivity index (χ2n) is 4.89. The van der Waals surface area contributed by atoms with Gasteiger partial charge < -0.3 is 9.64 Å². The number of nitrogens with zero attached hydrogens (tertiary/aromatic N) is 1. The van der Waals surface area contributed by atoms with Crippen molar-refractivity contribution in [2.45, 2.75) is 12.3 Å². The van der Waals surface area contributed by atoms with Crippen molar-refractivity contribution in [2.24, 2.45) is 5.92 Å². The van der Waals surface area contributed by atoms with Crippen LogP contribution in [-0.2, 0) is 4.74 Å². The Bertz CT molecular complexity index is 312. The number of hydrogen-bond acceptors (Lipinski definition) is 2. The molecule has 0 spiro atoms. The molecule has 0 radical (unpaired) electrons. The number of piperidine rings is 1. The summed E-state index contributed by atoms with van der Waals surface area (Å²) in [6.45, 7) is 3.22. The standard InChI is InChI=1S/C14H21NO/c1-15-9-12(11-16-2)8-14(10-15)13-6-4-3-5-7-13/h3-7,12,14H,8-11H2,1-2H3/t12-,14+/m0/s1. The topological polar surface area (TPSA) is 12.5 Å². The smallest absolute Gasteiger partial charge is 0.0502 e. The molecule has 1 aliphatic rings. The first-order valence-corrected chi connectivity index (χ1v) is 6.02. The molecule has 2 heteroatoms. The summed E-state index contributed by atoms with van der Waals surface area (Å²) in [6, 6.07) is 10.8. The molecule has 1 heterocycles. The summed E-state index contributed by atoms with van der Waals surface area (Å²) in [5, 5.41) is 0. The maximum Gasteiger partial charge on any atom is 0.0502 e. The normalized spacial score (nSPS) is 26.9. The molecular weight excluding hydrogens is 198 g/mol. The molecule has 16 heavy (non-hydrogen) atoms. The molecular formula is C14H21NO. The number of likely N-dealkylation sites (tertiary alicyclic amines) is 1. The summed E-state index contributed by atoms with van der Waals surface area (Å²) in [6.07, 6.45) is 1.25. The monoisotopic (exact) mass is 219 g/mol. The maximum atomic E-state index is 5.29. The Balaban J connectivity index is 2.04. The van der Waals surface area contributed by atoms with Crippen molar-refractivity contribution in [1.82, 2.24) is 4.90 Å². The molecule has 1 aromatic rings. The van der Waals surface area contributed by atoms with Crippen LogP contribution in [0, 0.1) is 5.92 Å². The van der Waals surface area contributed by atoms with E-state index >= 15 is 0 Å². The van der Waals surface area contributed by atoms with Gasteiger partial charge in [-0.15, -0.1) is 0 Å². The second-order valence-corrected chi connectivity index (χ2v) is 4.89. The molecule has 0 saturated carbocycles. The number of rotatable bonds is 3. The SMILES string of the molecule is COC[C@H]1C[C@@H](c2ccccc2)CN(C)C1. The van der Waals surface area contributed by atoms with E-state index in [0.717, 1.165) is 13.2 Å². The van der Waals surface area contributed by atoms with Crippen LogP contribution in [0.1, 0.15) is 17.9 Å². The molecule has 2 nitrogen and oxygen atoms in total. The summed E-state index contributed by atoms with van der Waals surface area (Å²) < 4.78 is 5.29. The summed E-state index contributed by atoms with van der Waals surface area (Å²) in [4.78, 5) is 2.42. The highest BCUT2D eigenvalue weighted by Gasteiger charge is 2.25. The van der Waals surface area contributed by atoms with Crippen LogP contribution in [-0.4, -0.2) is 38.8 Å². The van der Waals surface area contributed by atoms with Crippen molar-refractivity contribution in [2.75, 3.05) is 33.9 Å². The minimum absolute atomic E-state index is 0.667. The van der Waals surface area contributed by atoms with Gasteiger partial charge in [0, 0.05) is 20.2 Å². The lowest BCUT2D eigenvalue weighted by Gasteiger charge is -2.35. The lowest BCUT2D eigenvalue weighted by atomic mass is 9.85. The van der Waals surface area contributed by atoms with Gasteiger partial charge in [0.15, 0.2) is 0 Å². The van der Waals surface area contributed by atoms with Crippen LogP contribution in [0.15, 0.2) is 30.3 Å². The molecule has 0 aliphatic carbocycles. The first-order valence-electron chi connectivity index (χ1n) is 6.02. The predicted octanol–water partition coefficient (Wildman–Crippen LogP) is 2.37. The summed E-state index contributed by atoms with van der Waals surface area (Å²) in [5.41, 5.74) is 1.47. The molecule has 1 fully saturated rings. The largest absolute Gasteiger partial charge is 0.384 e. The highest BCUT2D eigenvalue weighted by Crippen LogP contribution is 2.29. The van der Waals surface area contributed by atoms with Crippen molar-refractivity contribution in [3.05, 3.63) is 35.9 Å². The van der Waals surface area contributed by atoms with E-state index in [9.17, 15) is 0 Å². The third-order valence-corrected chi connectivity index (χ3v) is 3.39. The Morgan fingerprint density at radius 2 is 2.00 bits per heavy atom. The first-order chi connectivity index (χ1) is 7.79. The molecule has 88 valence electrons. The fourth-order valence-corrected chi connectivity index (χ4v) is 2.77. The molecule has 0 N–H and O–H groups in total. The fourth-order valence-electron chi connectivity index (χ4n) is 2.77. The van der Waals surface area contributed by atoms with Gasteiger partial charge in [-0.2, -0.15) is 0 Å². The van der Waals surface area contributed by atoms with Crippen molar-refractivity contribution >= 4 is 0 Å². The number of likely N-dealkylation sites (N-methyl/N-ethyl adjacent to an activating group) is 1. The zero-order chi connectivity index (χ0) is 11.4. The average Bonchev–Trinajstić information content (AvgIpc) is 2.30. The first kappa shape index (κ1) is 11.6. The van der Waals surface area contributed by atoms with Crippen molar-refractivity contribution in [1.29, 1.82) is 0 Å². The van der Waals surface area contributed by atoms with E-state index in [1.165, 1.54) is 18.5 Å². The molecule has 1 aromatic carbocycles. The highest BCUT2D eigenvalue weighted by molar-refractivity contribution is 5.20. The number of benzene rings is 1. The van der Waals surface area contributed by atoms with E-state index in [-0.39, 0.29) is 0 Å². The van der Waals surface area contributed by atoms with Gasteiger partial charge in [-0.25, -0.2) is 0 Å². The van der Waals surface area contributed by atoms with Gasteiger partial charge in [-0.05, 0) is 30.9 Å². The van der Waals surface area contributed by atoms with Crippen LogP contribution >= 0.6 is 0 Å². The highest BCUT2D eigenvalue weighted by atomic mass is 16.5. The third kappa shape index (κ3) is 2.83. The van der Waals surface area contributed by atoms with Crippen molar-refractivity contribution in [3.8, 4) is 0 Å². The summed E-state index contributed by atoms with van der Waals surface area (Å²) >= 11 is 0. The van der Waals surface area contributed by atoms with Crippen molar-refractivity contribution < 1.29 is 4.74 Å². The summed E-state index contributed by atoms with van der Waals surface area (Å²) in [5.74, 6) is 1.34. The van der Waals surface area contributed by atoms with Crippen molar-refractivity contribution in [3.63, 3.8) is 0 Å². The molecule has 1 saturated heterocycles. The Kier molecular flexibility index (Phi) is 3.97. The van der Waals surface area contributed by atoms with Gasteiger partial charge >= 0.3 is 0 Å². The number of methoxy groups -OCH3 is 1. The van der Waals surface area contributed by atoms with Crippen LogP contribution in [0.2, 0.25) is 0 Å². The van der Waals surface area contributed by atoms with E-state index in [1.807, 2.05) is 0 Å². The molecule has 0 unspecified atom stereocenters. The van der Waals surface area contributed by atoms with Crippen LogP contribution in [0.4, 0.5) is 0 Å². The van der Waals surface area contributed by atoms with Gasteiger partial charge in [-0.3, -0.25) is 0 Å². The van der Waals surface area contributed by atoms with Crippen LogP contribution in [0.25, 0.3) is 0 Å². The number of hydrogen-bond donors (Lipinski definition) is 0. The van der Waals surface area contributed by atoms with Gasteiger partial charge in [0.1, 0.15) is 0 Å². The predicted molar refractivity (Wildman–Crippen MR) is 66.7 cm³/mol. The van der Waals surface area contributed by atoms with Crippen LogP contribution in [0.5, 0.6) is 0 Å². The molecule has 1 aliphatic heterocycles. The van der Waals surface area contributed by atoms with E-state index in [0.29, 0.717) is 11.8 Å². The van der Waals surface area contributed by atoms with E-state index in [2.05, 4.69) is 42.3 Å². The third-order valence-electron chi connectivity index (χ3n) is 3.39. The Morgan fingerprint density at radius 1 is 1.25 bits per heavy atom. The molecule has 0 bridgehead atoms. The van der Waals surface area contributed by atoms with Gasteiger partial charge in [0.05, 0.1) is 6.61 Å². The van der Waals surface area contributed by atoms with E-state index in [4.69, 9.17) is 4.74 Å². The van der Waals surface area contributed by atoms with Crippen LogP contribution in [0.3, 0.4) is 0 Å². The Morgan fingerprint density at radius 3 is 2.69 bits per heavy atom. The van der Waals surface area contributed by atoms with Gasteiger partial charge in [0.25, 0.3) is 0 Å². The minimum Gasteiger partial charge on any atom is -0.384 e. The zero-order valence-electron chi connectivity index (χ0n) is 10.2. The van der Waals surface area contributed by atoms with Gasteiger partial charge in [-0.1, -0.05) is 30.3 Å². The quantitative estimate of drug-likeness (QED) is 0.774. The summed E-state index contributed by atoms with van der Waals surface area (Å²) in [7, 11) is 4.00. The molecule has 2 atom stereocenters. The van der Waals surface area contributed by atoms with E-state index < -0.39 is 0 Å². The number of ether oxygens (including phenoxy) is 1. The molecule has 0 aromatic heterocycles. The van der Waals surface area contributed by atoms with Gasteiger partial charge in [0.2, 0.25) is 0 Å². The van der Waals surface area contributed by atoms with Crippen LogP contribution < -0.4 is 0 Å². The maximum absolute atomic E-state index is 5.29. The Hall–Kier alpha value is -0.860. The molecule has 0 amide bonds. The average molecular weight is 219 g/mol. The minimum atomic E-state index is 0.667. The second kappa shape index (κ2) is 5.46. The fraction of sp³-hybridized carbons (Fsp3) is 0.571. The lowest BCUT2D eigenvalue weighted by Crippen LogP contribution is -2.38.